The van der Waals surface area contributed by atoms with Crippen LogP contribution in [0.25, 0.3) is 0 Å². The van der Waals surface area contributed by atoms with Crippen LogP contribution in [0.4, 0.5) is 10.5 Å². The van der Waals surface area contributed by atoms with E-state index < -0.39 is 0 Å². The number of rotatable bonds is 4. The molecule has 2 fully saturated rings. The van der Waals surface area contributed by atoms with Crippen molar-refractivity contribution in [1.82, 2.24) is 15.1 Å². The van der Waals surface area contributed by atoms with Gasteiger partial charge in [0.15, 0.2) is 0 Å². The maximum absolute atomic E-state index is 12.6. The van der Waals surface area contributed by atoms with E-state index in [1.165, 1.54) is 19.3 Å². The zero-order valence-electron chi connectivity index (χ0n) is 17.5. The molecule has 1 aromatic carbocycles. The van der Waals surface area contributed by atoms with Gasteiger partial charge in [-0.15, -0.1) is 0 Å². The zero-order valence-corrected chi connectivity index (χ0v) is 17.5. The van der Waals surface area contributed by atoms with Crippen molar-refractivity contribution in [2.45, 2.75) is 52.5 Å². The van der Waals surface area contributed by atoms with Crippen molar-refractivity contribution in [3.63, 3.8) is 0 Å². The monoisotopic (exact) mass is 386 g/mol. The molecule has 2 unspecified atom stereocenters. The highest BCUT2D eigenvalue weighted by atomic mass is 16.2. The lowest BCUT2D eigenvalue weighted by atomic mass is 9.86. The normalized spacial score (nSPS) is 23.3. The summed E-state index contributed by atoms with van der Waals surface area (Å²) in [7, 11) is 0. The van der Waals surface area contributed by atoms with Gasteiger partial charge in [0.1, 0.15) is 0 Å². The van der Waals surface area contributed by atoms with Crippen LogP contribution in [0.2, 0.25) is 0 Å². The molecule has 1 heterocycles. The molecule has 0 radical (unpaired) electrons. The molecule has 2 N–H and O–H groups in total. The molecule has 1 aromatic rings. The Kier molecular flexibility index (Phi) is 6.94. The van der Waals surface area contributed by atoms with Crippen LogP contribution in [-0.4, -0.2) is 60.5 Å². The number of nitrogens with one attached hydrogen (secondary N) is 2. The second-order valence-electron chi connectivity index (χ2n) is 8.40. The summed E-state index contributed by atoms with van der Waals surface area (Å²) in [6.45, 7) is 9.41. The molecule has 2 atom stereocenters. The van der Waals surface area contributed by atoms with E-state index in [0.29, 0.717) is 31.6 Å². The van der Waals surface area contributed by atoms with Crippen molar-refractivity contribution < 1.29 is 9.59 Å². The maximum atomic E-state index is 12.6. The number of carbonyl (C=O) groups is 2. The number of hydrogen-bond donors (Lipinski definition) is 2. The molecule has 0 aromatic heterocycles. The molecule has 0 bridgehead atoms. The van der Waals surface area contributed by atoms with E-state index in [0.717, 1.165) is 36.3 Å². The SMILES string of the molecule is Cc1cccc(C)c1NC(=O)CN1CCN(C(=O)NC2CCCCC2C)CC1. The van der Waals surface area contributed by atoms with E-state index >= 15 is 0 Å². The largest absolute Gasteiger partial charge is 0.335 e. The molecule has 154 valence electrons. The third kappa shape index (κ3) is 5.25. The molecule has 1 saturated heterocycles. The number of anilines is 1. The average Bonchev–Trinajstić information content (AvgIpc) is 2.67. The standard InChI is InChI=1S/C22H34N4O2/c1-16-7-4-5-10-19(16)23-22(28)26-13-11-25(12-14-26)15-20(27)24-21-17(2)8-6-9-18(21)3/h6,8-9,16,19H,4-5,7,10-15H2,1-3H3,(H,23,28)(H,24,27). The van der Waals surface area contributed by atoms with E-state index in [2.05, 4.69) is 22.5 Å². The Balaban J connectivity index is 1.43. The van der Waals surface area contributed by atoms with E-state index in [1.807, 2.05) is 36.9 Å². The van der Waals surface area contributed by atoms with E-state index in [9.17, 15) is 9.59 Å². The Bertz CT molecular complexity index is 678. The van der Waals surface area contributed by atoms with Gasteiger partial charge >= 0.3 is 6.03 Å². The lowest BCUT2D eigenvalue weighted by molar-refractivity contribution is -0.117. The van der Waals surface area contributed by atoms with Crippen molar-refractivity contribution in [2.75, 3.05) is 38.0 Å². The Hall–Kier alpha value is -2.08. The first-order valence-corrected chi connectivity index (χ1v) is 10.6. The predicted octanol–water partition coefficient (Wildman–Crippen LogP) is 3.15. The number of benzene rings is 1. The number of amides is 3. The number of aryl methyl sites for hydroxylation is 2. The van der Waals surface area contributed by atoms with E-state index in [1.54, 1.807) is 0 Å². The van der Waals surface area contributed by atoms with Gasteiger partial charge in [0.2, 0.25) is 5.91 Å². The predicted molar refractivity (Wildman–Crippen MR) is 113 cm³/mol. The molecule has 0 spiro atoms. The van der Waals surface area contributed by atoms with Crippen molar-refractivity contribution >= 4 is 17.6 Å². The topological polar surface area (TPSA) is 64.7 Å². The van der Waals surface area contributed by atoms with Gasteiger partial charge in [0.25, 0.3) is 0 Å². The molecule has 3 amide bonds. The minimum absolute atomic E-state index is 0.00586. The smallest absolute Gasteiger partial charge is 0.317 e. The van der Waals surface area contributed by atoms with Crippen LogP contribution >= 0.6 is 0 Å². The molecule has 2 aliphatic rings. The molecule has 6 nitrogen and oxygen atoms in total. The lowest BCUT2D eigenvalue weighted by Gasteiger charge is -2.37. The quantitative estimate of drug-likeness (QED) is 0.835. The maximum Gasteiger partial charge on any atom is 0.317 e. The Labute approximate surface area is 168 Å². The molecule has 3 rings (SSSR count). The third-order valence-electron chi connectivity index (χ3n) is 6.19. The summed E-state index contributed by atoms with van der Waals surface area (Å²) in [5.41, 5.74) is 3.06. The molecular weight excluding hydrogens is 352 g/mol. The van der Waals surface area contributed by atoms with Crippen molar-refractivity contribution in [3.05, 3.63) is 29.3 Å². The highest BCUT2D eigenvalue weighted by molar-refractivity contribution is 5.93. The number of urea groups is 1. The van der Waals surface area contributed by atoms with Gasteiger partial charge in [0, 0.05) is 37.9 Å². The number of nitrogens with zero attached hydrogens (tertiary/aromatic N) is 2. The average molecular weight is 387 g/mol. The van der Waals surface area contributed by atoms with E-state index in [-0.39, 0.29) is 11.9 Å². The number of carbonyl (C=O) groups excluding carboxylic acids is 2. The van der Waals surface area contributed by atoms with Gasteiger partial charge in [-0.2, -0.15) is 0 Å². The van der Waals surface area contributed by atoms with Crippen molar-refractivity contribution in [1.29, 1.82) is 0 Å². The molecule has 28 heavy (non-hydrogen) atoms. The van der Waals surface area contributed by atoms with Gasteiger partial charge in [-0.3, -0.25) is 9.69 Å². The van der Waals surface area contributed by atoms with Crippen LogP contribution in [0.1, 0.15) is 43.7 Å². The van der Waals surface area contributed by atoms with Gasteiger partial charge in [-0.1, -0.05) is 38.0 Å². The second-order valence-corrected chi connectivity index (χ2v) is 8.40. The third-order valence-corrected chi connectivity index (χ3v) is 6.19. The van der Waals surface area contributed by atoms with Gasteiger partial charge in [-0.05, 0) is 43.7 Å². The van der Waals surface area contributed by atoms with Crippen LogP contribution < -0.4 is 10.6 Å². The summed E-state index contributed by atoms with van der Waals surface area (Å²) < 4.78 is 0. The van der Waals surface area contributed by atoms with Crippen molar-refractivity contribution in [2.24, 2.45) is 5.92 Å². The van der Waals surface area contributed by atoms with Crippen LogP contribution in [0.5, 0.6) is 0 Å². The lowest BCUT2D eigenvalue weighted by Crippen LogP contribution is -2.55. The summed E-state index contributed by atoms with van der Waals surface area (Å²) in [6, 6.07) is 6.37. The first-order valence-electron chi connectivity index (χ1n) is 10.6. The summed E-state index contributed by atoms with van der Waals surface area (Å²) in [4.78, 5) is 29.0. The summed E-state index contributed by atoms with van der Waals surface area (Å²) in [5, 5.41) is 6.27. The van der Waals surface area contributed by atoms with E-state index in [4.69, 9.17) is 0 Å². The molecule has 1 saturated carbocycles. The van der Waals surface area contributed by atoms with Crippen LogP contribution in [-0.2, 0) is 4.79 Å². The number of piperazine rings is 1. The van der Waals surface area contributed by atoms with Crippen molar-refractivity contribution in [3.8, 4) is 0 Å². The van der Waals surface area contributed by atoms with Crippen LogP contribution in [0, 0.1) is 19.8 Å². The number of hydrogen-bond acceptors (Lipinski definition) is 3. The van der Waals surface area contributed by atoms with Crippen LogP contribution in [0.3, 0.4) is 0 Å². The fourth-order valence-electron chi connectivity index (χ4n) is 4.28. The van der Waals surface area contributed by atoms with Gasteiger partial charge in [-0.25, -0.2) is 4.79 Å². The summed E-state index contributed by atoms with van der Waals surface area (Å²) in [5.74, 6) is 0.568. The fourth-order valence-corrected chi connectivity index (χ4v) is 4.28. The minimum Gasteiger partial charge on any atom is -0.335 e. The Morgan fingerprint density at radius 2 is 1.68 bits per heavy atom. The number of para-hydroxylation sites is 1. The first kappa shape index (κ1) is 20.6. The van der Waals surface area contributed by atoms with Gasteiger partial charge < -0.3 is 15.5 Å². The summed E-state index contributed by atoms with van der Waals surface area (Å²) in [6.07, 6.45) is 4.77. The molecular formula is C22H34N4O2. The Morgan fingerprint density at radius 1 is 1.04 bits per heavy atom. The van der Waals surface area contributed by atoms with Gasteiger partial charge in [0.05, 0.1) is 6.54 Å². The zero-order chi connectivity index (χ0) is 20.1. The fraction of sp³-hybridized carbons (Fsp3) is 0.636. The first-order chi connectivity index (χ1) is 13.4. The summed E-state index contributed by atoms with van der Waals surface area (Å²) >= 11 is 0. The molecule has 1 aliphatic carbocycles. The molecule has 6 heteroatoms. The Morgan fingerprint density at radius 3 is 2.32 bits per heavy atom. The highest BCUT2D eigenvalue weighted by Gasteiger charge is 2.27. The second kappa shape index (κ2) is 9.41. The van der Waals surface area contributed by atoms with Crippen LogP contribution in [0.15, 0.2) is 18.2 Å². The molecule has 1 aliphatic heterocycles. The highest BCUT2D eigenvalue weighted by Crippen LogP contribution is 2.24. The minimum atomic E-state index is 0.00586.